The van der Waals surface area contributed by atoms with Crippen LogP contribution in [0.2, 0.25) is 5.11 Å². The van der Waals surface area contributed by atoms with Gasteiger partial charge in [-0.15, -0.1) is 0 Å². The van der Waals surface area contributed by atoms with E-state index < -0.39 is 35.0 Å². The standard InChI is InChI=1S/C10H16B4N2O4/c1-9(2,3)20-8(17)6(15)5(14(18)19)7(16-4)10(11,12)13/h18-19H,15H2,1-4H3/b6-5+,16-7?. The highest BCUT2D eigenvalue weighted by molar-refractivity contribution is 6.76. The normalized spacial score (nSPS) is 14.6. The molecule has 0 aliphatic rings. The molecular weight excluding hydrogens is 255 g/mol. The van der Waals surface area contributed by atoms with E-state index in [1.807, 2.05) is 0 Å². The monoisotopic (exact) mass is 272 g/mol. The van der Waals surface area contributed by atoms with E-state index in [0.29, 0.717) is 0 Å². The summed E-state index contributed by atoms with van der Waals surface area (Å²) >= 11 is 0. The molecule has 0 atom stereocenters. The average Bonchev–Trinajstić information content (AvgIpc) is 2.19. The Balaban J connectivity index is 5.79. The van der Waals surface area contributed by atoms with Crippen molar-refractivity contribution in [1.82, 2.24) is 0 Å². The summed E-state index contributed by atoms with van der Waals surface area (Å²) in [5.74, 6) is -0.967. The van der Waals surface area contributed by atoms with E-state index in [1.165, 1.54) is 7.05 Å². The van der Waals surface area contributed by atoms with Crippen LogP contribution in [0.1, 0.15) is 20.8 Å². The van der Waals surface area contributed by atoms with E-state index in [4.69, 9.17) is 34.0 Å². The highest BCUT2D eigenvalue weighted by Gasteiger charge is 2.33. The van der Waals surface area contributed by atoms with Gasteiger partial charge in [0.05, 0.1) is 23.5 Å². The van der Waals surface area contributed by atoms with Crippen LogP contribution in [0.15, 0.2) is 16.2 Å². The van der Waals surface area contributed by atoms with Crippen molar-refractivity contribution < 1.29 is 19.6 Å². The average molecular weight is 271 g/mol. The number of rotatable bonds is 4. The smallest absolute Gasteiger partial charge is 0.455 e. The Morgan fingerprint density at radius 1 is 1.25 bits per heavy atom. The van der Waals surface area contributed by atoms with Crippen molar-refractivity contribution in [1.29, 1.82) is 0 Å². The molecule has 0 spiro atoms. The van der Waals surface area contributed by atoms with Crippen LogP contribution in [0, 0.1) is 0 Å². The first-order valence-electron chi connectivity index (χ1n) is 5.74. The Morgan fingerprint density at radius 2 is 1.70 bits per heavy atom. The number of hydrogen-bond donors (Lipinski definition) is 3. The summed E-state index contributed by atoms with van der Waals surface area (Å²) in [5, 5.41) is 16.7. The maximum Gasteiger partial charge on any atom is 0.492 e. The zero-order valence-electron chi connectivity index (χ0n) is 12.0. The van der Waals surface area contributed by atoms with Gasteiger partial charge in [-0.05, 0) is 20.8 Å². The number of esters is 1. The van der Waals surface area contributed by atoms with E-state index in [0.717, 1.165) is 0 Å². The maximum atomic E-state index is 11.8. The molecule has 6 nitrogen and oxygen atoms in total. The Kier molecular flexibility index (Phi) is 6.17. The van der Waals surface area contributed by atoms with E-state index in [2.05, 4.69) is 4.99 Å². The number of aliphatic imine (C=N–C) groups is 1. The minimum atomic E-state index is -2.14. The Hall–Kier alpha value is -1.14. The SMILES string of the molecule is [B]C([B])([B])C(=NC)/C(B(O)O)=C(\N)C(=O)OC(C)(C)C. The predicted molar refractivity (Wildman–Crippen MR) is 80.6 cm³/mol. The lowest BCUT2D eigenvalue weighted by Gasteiger charge is -2.27. The lowest BCUT2D eigenvalue weighted by molar-refractivity contribution is -0.149. The fraction of sp³-hybridized carbons (Fsp3) is 0.600. The number of allylic oxidation sites excluding steroid dienone is 1. The first kappa shape index (κ1) is 18.9. The molecule has 102 valence electrons. The molecule has 0 aromatic heterocycles. The quantitative estimate of drug-likeness (QED) is 0.242. The third-order valence-electron chi connectivity index (χ3n) is 2.06. The van der Waals surface area contributed by atoms with Gasteiger partial charge in [0, 0.05) is 18.2 Å². The van der Waals surface area contributed by atoms with Crippen molar-refractivity contribution in [2.45, 2.75) is 31.5 Å². The molecule has 0 unspecified atom stereocenters. The van der Waals surface area contributed by atoms with Gasteiger partial charge >= 0.3 is 13.1 Å². The zero-order valence-corrected chi connectivity index (χ0v) is 12.0. The van der Waals surface area contributed by atoms with Crippen LogP contribution in [0.4, 0.5) is 0 Å². The van der Waals surface area contributed by atoms with Crippen molar-refractivity contribution in [2.75, 3.05) is 7.05 Å². The van der Waals surface area contributed by atoms with E-state index in [9.17, 15) is 14.8 Å². The number of hydrogen-bond acceptors (Lipinski definition) is 6. The summed E-state index contributed by atoms with van der Waals surface area (Å²) in [5.41, 5.74) is 3.37. The first-order chi connectivity index (χ1) is 8.81. The second-order valence-corrected chi connectivity index (χ2v) is 5.21. The molecule has 0 rings (SSSR count). The molecule has 0 heterocycles. The van der Waals surface area contributed by atoms with Gasteiger partial charge in [0.25, 0.3) is 0 Å². The lowest BCUT2D eigenvalue weighted by Crippen LogP contribution is -2.38. The third-order valence-corrected chi connectivity index (χ3v) is 2.06. The fourth-order valence-electron chi connectivity index (χ4n) is 1.38. The number of ether oxygens (including phenoxy) is 1. The molecule has 0 aliphatic carbocycles. The van der Waals surface area contributed by atoms with E-state index >= 15 is 0 Å². The van der Waals surface area contributed by atoms with Crippen LogP contribution in [-0.4, -0.2) is 65.0 Å². The Labute approximate surface area is 123 Å². The van der Waals surface area contributed by atoms with Crippen LogP contribution in [0.3, 0.4) is 0 Å². The molecule has 0 fully saturated rings. The topological polar surface area (TPSA) is 105 Å². The fourth-order valence-corrected chi connectivity index (χ4v) is 1.38. The number of nitrogens with two attached hydrogens (primary N) is 1. The maximum absolute atomic E-state index is 11.8. The van der Waals surface area contributed by atoms with Crippen molar-refractivity contribution >= 4 is 42.3 Å². The molecular formula is C10H16B4N2O4. The highest BCUT2D eigenvalue weighted by atomic mass is 16.6. The van der Waals surface area contributed by atoms with Gasteiger partial charge in [-0.3, -0.25) is 4.99 Å². The number of carbonyl (C=O) groups excluding carboxylic acids is 1. The Morgan fingerprint density at radius 3 is 1.95 bits per heavy atom. The Bertz CT molecular complexity index is 436. The summed E-state index contributed by atoms with van der Waals surface area (Å²) in [7, 11) is 15.5. The minimum Gasteiger partial charge on any atom is -0.455 e. The summed E-state index contributed by atoms with van der Waals surface area (Å²) in [6.45, 7) is 4.88. The molecule has 0 amide bonds. The van der Waals surface area contributed by atoms with Crippen LogP contribution in [-0.2, 0) is 9.53 Å². The summed E-state index contributed by atoms with van der Waals surface area (Å²) in [6, 6.07) is 0. The van der Waals surface area contributed by atoms with Crippen LogP contribution in [0.25, 0.3) is 0 Å². The molecule has 4 N–H and O–H groups in total. The largest absolute Gasteiger partial charge is 0.492 e. The molecule has 0 bridgehead atoms. The van der Waals surface area contributed by atoms with Gasteiger partial charge < -0.3 is 20.5 Å². The first-order valence-corrected chi connectivity index (χ1v) is 5.74. The van der Waals surface area contributed by atoms with Crippen LogP contribution < -0.4 is 5.73 Å². The van der Waals surface area contributed by atoms with E-state index in [-0.39, 0.29) is 5.71 Å². The molecule has 0 aliphatic heterocycles. The molecule has 0 aromatic carbocycles. The summed E-state index contributed by atoms with van der Waals surface area (Å²) in [4.78, 5) is 15.5. The molecule has 20 heavy (non-hydrogen) atoms. The van der Waals surface area contributed by atoms with Crippen molar-refractivity contribution in [3.63, 3.8) is 0 Å². The summed E-state index contributed by atoms with van der Waals surface area (Å²) < 4.78 is 5.02. The molecule has 0 aromatic rings. The van der Waals surface area contributed by atoms with Crippen molar-refractivity contribution in [2.24, 2.45) is 10.7 Å². The van der Waals surface area contributed by atoms with Gasteiger partial charge in [-0.2, -0.15) is 0 Å². The van der Waals surface area contributed by atoms with E-state index in [1.54, 1.807) is 20.8 Å². The van der Waals surface area contributed by atoms with Crippen LogP contribution >= 0.6 is 0 Å². The predicted octanol–water partition coefficient (Wildman–Crippen LogP) is -1.80. The molecule has 0 saturated heterocycles. The molecule has 10 heteroatoms. The third kappa shape index (κ3) is 5.46. The van der Waals surface area contributed by atoms with Crippen molar-refractivity contribution in [3.8, 4) is 0 Å². The van der Waals surface area contributed by atoms with Gasteiger partial charge in [0.15, 0.2) is 0 Å². The van der Waals surface area contributed by atoms with Gasteiger partial charge in [-0.1, -0.05) is 5.11 Å². The van der Waals surface area contributed by atoms with Gasteiger partial charge in [0.1, 0.15) is 11.3 Å². The van der Waals surface area contributed by atoms with Crippen molar-refractivity contribution in [3.05, 3.63) is 11.2 Å². The molecule has 6 radical (unpaired) electrons. The van der Waals surface area contributed by atoms with Gasteiger partial charge in [-0.25, -0.2) is 4.79 Å². The zero-order chi connectivity index (χ0) is 16.3. The number of carbonyl (C=O) groups is 1. The van der Waals surface area contributed by atoms with Gasteiger partial charge in [0.2, 0.25) is 0 Å². The summed E-state index contributed by atoms with van der Waals surface area (Å²) in [6.07, 6.45) is 0. The highest BCUT2D eigenvalue weighted by Crippen LogP contribution is 2.22. The molecule has 0 saturated carbocycles. The minimum absolute atomic E-state index is 0.323. The lowest BCUT2D eigenvalue weighted by atomic mass is 9.38. The number of nitrogens with zero attached hydrogens (tertiary/aromatic N) is 1. The second kappa shape index (κ2) is 6.54. The van der Waals surface area contributed by atoms with Crippen LogP contribution in [0.5, 0.6) is 0 Å². The second-order valence-electron chi connectivity index (χ2n) is 5.21.